The number of aromatic nitrogens is 2. The van der Waals surface area contributed by atoms with Gasteiger partial charge < -0.3 is 9.47 Å². The number of benzene rings is 2. The number of hydrogen-bond donors (Lipinski definition) is 0. The van der Waals surface area contributed by atoms with Crippen molar-refractivity contribution in [3.8, 4) is 17.3 Å². The van der Waals surface area contributed by atoms with E-state index in [1.807, 2.05) is 32.0 Å². The van der Waals surface area contributed by atoms with E-state index in [1.165, 1.54) is 5.56 Å². The number of nitrogens with zero attached hydrogens (tertiary/aromatic N) is 2. The molecular weight excluding hydrogens is 340 g/mol. The van der Waals surface area contributed by atoms with Crippen LogP contribution < -0.4 is 9.47 Å². The van der Waals surface area contributed by atoms with Crippen molar-refractivity contribution < 1.29 is 14.3 Å². The zero-order chi connectivity index (χ0) is 19.4. The molecule has 3 aromatic rings. The second-order valence-corrected chi connectivity index (χ2v) is 6.55. The Labute approximate surface area is 159 Å². The molecule has 0 saturated heterocycles. The summed E-state index contributed by atoms with van der Waals surface area (Å²) in [5, 5.41) is 4.66. The molecule has 0 aliphatic heterocycles. The van der Waals surface area contributed by atoms with Crippen LogP contribution in [0, 0.1) is 13.8 Å². The Kier molecular flexibility index (Phi) is 5.60. The number of ether oxygens (including phenoxy) is 2. The first-order valence-corrected chi connectivity index (χ1v) is 9.04. The van der Waals surface area contributed by atoms with Gasteiger partial charge in [0.1, 0.15) is 5.75 Å². The molecule has 0 N–H and O–H groups in total. The molecule has 3 rings (SSSR count). The fraction of sp³-hybridized carbons (Fsp3) is 0.273. The van der Waals surface area contributed by atoms with Crippen molar-refractivity contribution in [2.75, 3.05) is 7.11 Å². The minimum atomic E-state index is -0.442. The molecule has 0 saturated carbocycles. The highest BCUT2D eigenvalue weighted by molar-refractivity contribution is 5.91. The summed E-state index contributed by atoms with van der Waals surface area (Å²) in [5.41, 5.74) is 4.47. The second kappa shape index (κ2) is 8.08. The summed E-state index contributed by atoms with van der Waals surface area (Å²) >= 11 is 0. The van der Waals surface area contributed by atoms with Crippen LogP contribution in [0.1, 0.15) is 40.5 Å². The first-order chi connectivity index (χ1) is 13.0. The summed E-state index contributed by atoms with van der Waals surface area (Å²) in [4.78, 5) is 12.7. The number of methoxy groups -OCH3 is 1. The maximum absolute atomic E-state index is 12.7. The average molecular weight is 364 g/mol. The zero-order valence-corrected chi connectivity index (χ0v) is 16.2. The van der Waals surface area contributed by atoms with Gasteiger partial charge in [0.05, 0.1) is 24.1 Å². The molecule has 27 heavy (non-hydrogen) atoms. The Hall–Kier alpha value is -3.08. The molecule has 0 amide bonds. The van der Waals surface area contributed by atoms with Crippen LogP contribution in [0.15, 0.2) is 48.5 Å². The van der Waals surface area contributed by atoms with Gasteiger partial charge in [-0.2, -0.15) is 5.10 Å². The number of carbonyl (C=O) groups is 1. The molecule has 0 atom stereocenters. The smallest absolute Gasteiger partial charge is 0.344 e. The molecule has 0 aliphatic rings. The third-order valence-electron chi connectivity index (χ3n) is 4.32. The minimum Gasteiger partial charge on any atom is -0.497 e. The van der Waals surface area contributed by atoms with E-state index in [2.05, 4.69) is 18.1 Å². The Morgan fingerprint density at radius 3 is 2.63 bits per heavy atom. The number of esters is 1. The fourth-order valence-electron chi connectivity index (χ4n) is 2.98. The van der Waals surface area contributed by atoms with E-state index in [4.69, 9.17) is 9.47 Å². The second-order valence-electron chi connectivity index (χ2n) is 6.55. The topological polar surface area (TPSA) is 53.4 Å². The lowest BCUT2D eigenvalue weighted by Gasteiger charge is -2.11. The van der Waals surface area contributed by atoms with Crippen LogP contribution in [0.4, 0.5) is 0 Å². The average Bonchev–Trinajstić information content (AvgIpc) is 3.04. The number of carbonyl (C=O) groups excluding carboxylic acids is 1. The molecule has 5 heteroatoms. The molecule has 5 nitrogen and oxygen atoms in total. The van der Waals surface area contributed by atoms with Crippen LogP contribution in [-0.4, -0.2) is 22.9 Å². The number of hydrogen-bond acceptors (Lipinski definition) is 4. The quantitative estimate of drug-likeness (QED) is 0.597. The van der Waals surface area contributed by atoms with Crippen molar-refractivity contribution in [1.82, 2.24) is 9.78 Å². The van der Waals surface area contributed by atoms with E-state index < -0.39 is 5.97 Å². The first kappa shape index (κ1) is 18.7. The minimum absolute atomic E-state index is 0.415. The van der Waals surface area contributed by atoms with Gasteiger partial charge in [0, 0.05) is 6.07 Å². The molecule has 0 fully saturated rings. The van der Waals surface area contributed by atoms with Gasteiger partial charge in [0.2, 0.25) is 5.88 Å². The van der Waals surface area contributed by atoms with Crippen LogP contribution in [0.25, 0.3) is 5.69 Å². The van der Waals surface area contributed by atoms with Crippen molar-refractivity contribution in [3.63, 3.8) is 0 Å². The maximum atomic E-state index is 12.7. The van der Waals surface area contributed by atoms with Crippen molar-refractivity contribution in [3.05, 3.63) is 70.9 Å². The van der Waals surface area contributed by atoms with E-state index in [9.17, 15) is 4.79 Å². The molecule has 0 bridgehead atoms. The van der Waals surface area contributed by atoms with Crippen molar-refractivity contribution in [2.24, 2.45) is 0 Å². The van der Waals surface area contributed by atoms with Gasteiger partial charge in [0.25, 0.3) is 0 Å². The lowest BCUT2D eigenvalue weighted by atomic mass is 10.1. The lowest BCUT2D eigenvalue weighted by Crippen LogP contribution is -2.12. The van der Waals surface area contributed by atoms with Gasteiger partial charge in [-0.05, 0) is 50.1 Å². The van der Waals surface area contributed by atoms with Crippen molar-refractivity contribution >= 4 is 5.97 Å². The van der Waals surface area contributed by atoms with Crippen LogP contribution in [0.3, 0.4) is 0 Å². The Morgan fingerprint density at radius 1 is 1.11 bits per heavy atom. The summed E-state index contributed by atoms with van der Waals surface area (Å²) in [6.45, 7) is 6.17. The highest BCUT2D eigenvalue weighted by atomic mass is 16.5. The summed E-state index contributed by atoms with van der Waals surface area (Å²) in [7, 11) is 1.57. The van der Waals surface area contributed by atoms with E-state index >= 15 is 0 Å². The summed E-state index contributed by atoms with van der Waals surface area (Å²) < 4.78 is 12.6. The lowest BCUT2D eigenvalue weighted by molar-refractivity contribution is 0.0722. The monoisotopic (exact) mass is 364 g/mol. The van der Waals surface area contributed by atoms with Gasteiger partial charge in [0.15, 0.2) is 0 Å². The largest absolute Gasteiger partial charge is 0.497 e. The van der Waals surface area contributed by atoms with Crippen LogP contribution in [0.2, 0.25) is 0 Å². The summed E-state index contributed by atoms with van der Waals surface area (Å²) in [6.07, 6.45) is 1.79. The van der Waals surface area contributed by atoms with Crippen LogP contribution >= 0.6 is 0 Å². The molecular formula is C22H24N2O3. The predicted molar refractivity (Wildman–Crippen MR) is 105 cm³/mol. The van der Waals surface area contributed by atoms with E-state index in [0.717, 1.165) is 29.8 Å². The standard InChI is InChI=1S/C22H24N2O3/c1-5-7-18-14-21(24(23-18)20-11-10-15(2)12-16(20)3)27-22(25)17-8-6-9-19(13-17)26-4/h6,8-14H,5,7H2,1-4H3. The Bertz CT molecular complexity index is 960. The van der Waals surface area contributed by atoms with Gasteiger partial charge >= 0.3 is 5.97 Å². The molecule has 0 unspecified atom stereocenters. The Balaban J connectivity index is 1.97. The molecule has 0 spiro atoms. The van der Waals surface area contributed by atoms with Gasteiger partial charge in [-0.25, -0.2) is 9.48 Å². The van der Waals surface area contributed by atoms with Gasteiger partial charge in [-0.3, -0.25) is 0 Å². The zero-order valence-electron chi connectivity index (χ0n) is 16.2. The molecule has 1 aromatic heterocycles. The SMILES string of the molecule is CCCc1cc(OC(=O)c2cccc(OC)c2)n(-c2ccc(C)cc2C)n1. The summed E-state index contributed by atoms with van der Waals surface area (Å²) in [6, 6.07) is 14.9. The highest BCUT2D eigenvalue weighted by Gasteiger charge is 2.17. The van der Waals surface area contributed by atoms with E-state index in [1.54, 1.807) is 36.1 Å². The van der Waals surface area contributed by atoms with Crippen LogP contribution in [-0.2, 0) is 6.42 Å². The third kappa shape index (κ3) is 4.19. The normalized spacial score (nSPS) is 10.7. The van der Waals surface area contributed by atoms with Gasteiger partial charge in [-0.15, -0.1) is 0 Å². The maximum Gasteiger partial charge on any atom is 0.344 e. The van der Waals surface area contributed by atoms with Crippen molar-refractivity contribution in [1.29, 1.82) is 0 Å². The molecule has 140 valence electrons. The molecule has 2 aromatic carbocycles. The Morgan fingerprint density at radius 2 is 1.93 bits per heavy atom. The first-order valence-electron chi connectivity index (χ1n) is 9.04. The van der Waals surface area contributed by atoms with Crippen LogP contribution in [0.5, 0.6) is 11.6 Å². The third-order valence-corrected chi connectivity index (χ3v) is 4.32. The number of aryl methyl sites for hydroxylation is 3. The van der Waals surface area contributed by atoms with E-state index in [0.29, 0.717) is 17.2 Å². The summed E-state index contributed by atoms with van der Waals surface area (Å²) in [5.74, 6) is 0.583. The van der Waals surface area contributed by atoms with Gasteiger partial charge in [-0.1, -0.05) is 37.1 Å². The fourth-order valence-corrected chi connectivity index (χ4v) is 2.98. The van der Waals surface area contributed by atoms with Crippen molar-refractivity contribution in [2.45, 2.75) is 33.6 Å². The predicted octanol–water partition coefficient (Wildman–Crippen LogP) is 4.67. The molecule has 0 aliphatic carbocycles. The molecule has 1 heterocycles. The van der Waals surface area contributed by atoms with E-state index in [-0.39, 0.29) is 0 Å². The number of rotatable bonds is 6. The highest BCUT2D eigenvalue weighted by Crippen LogP contribution is 2.25. The molecule has 0 radical (unpaired) electrons.